The molecule has 2 N–H and O–H groups in total. The van der Waals surface area contributed by atoms with Crippen LogP contribution in [0.2, 0.25) is 0 Å². The van der Waals surface area contributed by atoms with E-state index >= 15 is 0 Å². The summed E-state index contributed by atoms with van der Waals surface area (Å²) in [6.07, 6.45) is 0.943. The van der Waals surface area contributed by atoms with Crippen LogP contribution >= 0.6 is 0 Å². The Bertz CT molecular complexity index is 356. The molecule has 17 heavy (non-hydrogen) atoms. The molecule has 0 amide bonds. The minimum Gasteiger partial charge on any atom is -0.423 e. The Kier molecular flexibility index (Phi) is 5.61. The summed E-state index contributed by atoms with van der Waals surface area (Å²) in [6, 6.07) is 3.91. The van der Waals surface area contributed by atoms with Gasteiger partial charge in [0.25, 0.3) is 0 Å². The van der Waals surface area contributed by atoms with Gasteiger partial charge in [0, 0.05) is 6.61 Å². The first-order chi connectivity index (χ1) is 8.00. The highest BCUT2D eigenvalue weighted by Gasteiger charge is 2.16. The molecule has 1 aromatic rings. The highest BCUT2D eigenvalue weighted by molar-refractivity contribution is 6.59. The average molecular weight is 240 g/mol. The maximum absolute atomic E-state index is 12.9. The van der Waals surface area contributed by atoms with Crippen LogP contribution in [-0.4, -0.2) is 23.8 Å². The lowest BCUT2D eigenvalue weighted by atomic mass is 9.77. The second-order valence-electron chi connectivity index (χ2n) is 4.45. The average Bonchev–Trinajstić information content (AvgIpc) is 2.25. The summed E-state index contributed by atoms with van der Waals surface area (Å²) in [5.41, 5.74) is 0.764. The van der Waals surface area contributed by atoms with Gasteiger partial charge in [-0.25, -0.2) is 4.39 Å². The largest absolute Gasteiger partial charge is 0.488 e. The summed E-state index contributed by atoms with van der Waals surface area (Å²) >= 11 is 0. The van der Waals surface area contributed by atoms with Crippen LogP contribution in [0.3, 0.4) is 0 Å². The van der Waals surface area contributed by atoms with Gasteiger partial charge in [-0.2, -0.15) is 0 Å². The Labute approximate surface area is 101 Å². The Hall–Kier alpha value is -0.905. The maximum Gasteiger partial charge on any atom is 0.488 e. The molecule has 0 aliphatic carbocycles. The third-order valence-corrected chi connectivity index (χ3v) is 2.48. The third-order valence-electron chi connectivity index (χ3n) is 2.48. The van der Waals surface area contributed by atoms with E-state index in [0.29, 0.717) is 18.1 Å². The van der Waals surface area contributed by atoms with Crippen molar-refractivity contribution in [2.75, 3.05) is 6.61 Å². The van der Waals surface area contributed by atoms with Crippen LogP contribution < -0.4 is 5.46 Å². The Balaban J connectivity index is 2.58. The van der Waals surface area contributed by atoms with Crippen LogP contribution in [0.25, 0.3) is 0 Å². The van der Waals surface area contributed by atoms with Gasteiger partial charge in [0.2, 0.25) is 0 Å². The summed E-state index contributed by atoms with van der Waals surface area (Å²) in [6.45, 7) is 5.07. The molecule has 1 rings (SSSR count). The van der Waals surface area contributed by atoms with Gasteiger partial charge < -0.3 is 14.8 Å². The molecule has 0 unspecified atom stereocenters. The number of rotatable bonds is 6. The predicted molar refractivity (Wildman–Crippen MR) is 65.3 cm³/mol. The second-order valence-corrected chi connectivity index (χ2v) is 4.45. The maximum atomic E-state index is 12.9. The van der Waals surface area contributed by atoms with E-state index in [0.717, 1.165) is 12.5 Å². The topological polar surface area (TPSA) is 49.7 Å². The fourth-order valence-electron chi connectivity index (χ4n) is 1.44. The lowest BCUT2D eigenvalue weighted by Gasteiger charge is -2.10. The molecule has 0 aromatic heterocycles. The van der Waals surface area contributed by atoms with Crippen molar-refractivity contribution < 1.29 is 19.2 Å². The zero-order valence-electron chi connectivity index (χ0n) is 10.2. The van der Waals surface area contributed by atoms with Crippen molar-refractivity contribution in [3.05, 3.63) is 29.6 Å². The van der Waals surface area contributed by atoms with E-state index < -0.39 is 12.9 Å². The van der Waals surface area contributed by atoms with E-state index in [1.54, 1.807) is 0 Å². The highest BCUT2D eigenvalue weighted by Crippen LogP contribution is 2.05. The first-order valence-electron chi connectivity index (χ1n) is 5.73. The van der Waals surface area contributed by atoms with Crippen LogP contribution in [0.1, 0.15) is 25.8 Å². The van der Waals surface area contributed by atoms with E-state index in [9.17, 15) is 4.39 Å². The number of benzene rings is 1. The molecule has 5 heteroatoms. The van der Waals surface area contributed by atoms with Crippen LogP contribution in [0.15, 0.2) is 18.2 Å². The quantitative estimate of drug-likeness (QED) is 0.577. The molecule has 0 saturated heterocycles. The van der Waals surface area contributed by atoms with E-state index in [1.807, 2.05) is 0 Å². The van der Waals surface area contributed by atoms with Gasteiger partial charge in [-0.1, -0.05) is 19.9 Å². The lowest BCUT2D eigenvalue weighted by molar-refractivity contribution is 0.111. The molecule has 0 atom stereocenters. The van der Waals surface area contributed by atoms with Crippen molar-refractivity contribution in [3.8, 4) is 0 Å². The van der Waals surface area contributed by atoms with Crippen molar-refractivity contribution >= 4 is 12.6 Å². The molecule has 94 valence electrons. The minimum atomic E-state index is -1.67. The first-order valence-corrected chi connectivity index (χ1v) is 5.73. The SMILES string of the molecule is CC(C)CCOCc1ccc(F)cc1B(O)O. The predicted octanol–water partition coefficient (Wildman–Crippen LogP) is 1.07. The second kappa shape index (κ2) is 6.74. The van der Waals surface area contributed by atoms with E-state index in [2.05, 4.69) is 13.8 Å². The summed E-state index contributed by atoms with van der Waals surface area (Å²) < 4.78 is 18.4. The van der Waals surface area contributed by atoms with Crippen molar-refractivity contribution in [1.82, 2.24) is 0 Å². The van der Waals surface area contributed by atoms with Gasteiger partial charge >= 0.3 is 7.12 Å². The third kappa shape index (κ3) is 4.85. The summed E-state index contributed by atoms with van der Waals surface area (Å²) in [5, 5.41) is 18.2. The Morgan fingerprint density at radius 1 is 1.35 bits per heavy atom. The zero-order valence-corrected chi connectivity index (χ0v) is 10.2. The Morgan fingerprint density at radius 3 is 2.65 bits per heavy atom. The molecule has 0 saturated carbocycles. The number of hydrogen-bond acceptors (Lipinski definition) is 3. The molecule has 0 spiro atoms. The van der Waals surface area contributed by atoms with Crippen molar-refractivity contribution in [1.29, 1.82) is 0 Å². The molecule has 0 heterocycles. The molecule has 0 radical (unpaired) electrons. The summed E-state index contributed by atoms with van der Waals surface area (Å²) in [5.74, 6) is 0.0742. The molecular formula is C12H18BFO3. The van der Waals surface area contributed by atoms with E-state index in [1.165, 1.54) is 12.1 Å². The first kappa shape index (κ1) is 14.2. The molecule has 0 fully saturated rings. The molecule has 3 nitrogen and oxygen atoms in total. The molecule has 1 aromatic carbocycles. The fourth-order valence-corrected chi connectivity index (χ4v) is 1.44. The minimum absolute atomic E-state index is 0.162. The van der Waals surface area contributed by atoms with Crippen LogP contribution in [0.5, 0.6) is 0 Å². The van der Waals surface area contributed by atoms with Crippen LogP contribution in [0, 0.1) is 11.7 Å². The standard InChI is InChI=1S/C12H18BFO3/c1-9(2)5-6-17-8-10-3-4-11(14)7-12(10)13(15)16/h3-4,7,9,15-16H,5-6,8H2,1-2H3. The monoisotopic (exact) mass is 240 g/mol. The van der Waals surface area contributed by atoms with Gasteiger partial charge in [0.15, 0.2) is 0 Å². The molecule has 0 aliphatic rings. The number of ether oxygens (including phenoxy) is 1. The summed E-state index contributed by atoms with van der Waals surface area (Å²) in [4.78, 5) is 0. The zero-order chi connectivity index (χ0) is 12.8. The fraction of sp³-hybridized carbons (Fsp3) is 0.500. The van der Waals surface area contributed by atoms with Crippen LogP contribution in [0.4, 0.5) is 4.39 Å². The smallest absolute Gasteiger partial charge is 0.423 e. The van der Waals surface area contributed by atoms with Crippen LogP contribution in [-0.2, 0) is 11.3 Å². The molecule has 0 bridgehead atoms. The molecular weight excluding hydrogens is 222 g/mol. The Morgan fingerprint density at radius 2 is 2.06 bits per heavy atom. The number of hydrogen-bond donors (Lipinski definition) is 2. The highest BCUT2D eigenvalue weighted by atomic mass is 19.1. The van der Waals surface area contributed by atoms with E-state index in [4.69, 9.17) is 14.8 Å². The van der Waals surface area contributed by atoms with Crippen molar-refractivity contribution in [3.63, 3.8) is 0 Å². The number of halogens is 1. The van der Waals surface area contributed by atoms with Crippen molar-refractivity contribution in [2.45, 2.75) is 26.9 Å². The van der Waals surface area contributed by atoms with Crippen molar-refractivity contribution in [2.24, 2.45) is 5.92 Å². The summed E-state index contributed by atoms with van der Waals surface area (Å²) in [7, 11) is -1.67. The van der Waals surface area contributed by atoms with Gasteiger partial charge in [-0.15, -0.1) is 0 Å². The van der Waals surface area contributed by atoms with Gasteiger partial charge in [-0.05, 0) is 35.5 Å². The van der Waals surface area contributed by atoms with E-state index in [-0.39, 0.29) is 12.1 Å². The lowest BCUT2D eigenvalue weighted by Crippen LogP contribution is -2.33. The normalized spacial score (nSPS) is 10.9. The van der Waals surface area contributed by atoms with Gasteiger partial charge in [0.05, 0.1) is 6.61 Å². The van der Waals surface area contributed by atoms with Gasteiger partial charge in [-0.3, -0.25) is 0 Å². The van der Waals surface area contributed by atoms with Gasteiger partial charge in [0.1, 0.15) is 5.82 Å². The molecule has 0 aliphatic heterocycles.